The minimum atomic E-state index is -0.337. The SMILES string of the molecule is CN(C)C1c2cc(C(N)=O)ccc2CC12CCNCC2. The zero-order valence-corrected chi connectivity index (χ0v) is 12.3. The highest BCUT2D eigenvalue weighted by molar-refractivity contribution is 5.93. The molecule has 4 nitrogen and oxygen atoms in total. The monoisotopic (exact) mass is 273 g/mol. The maximum Gasteiger partial charge on any atom is 0.248 e. The quantitative estimate of drug-likeness (QED) is 0.854. The second-order valence-electron chi connectivity index (χ2n) is 6.43. The van der Waals surface area contributed by atoms with Crippen LogP contribution in [0.2, 0.25) is 0 Å². The van der Waals surface area contributed by atoms with Crippen molar-refractivity contribution >= 4 is 5.91 Å². The van der Waals surface area contributed by atoms with Crippen LogP contribution >= 0.6 is 0 Å². The molecule has 1 aliphatic carbocycles. The summed E-state index contributed by atoms with van der Waals surface area (Å²) >= 11 is 0. The summed E-state index contributed by atoms with van der Waals surface area (Å²) in [7, 11) is 4.28. The van der Waals surface area contributed by atoms with Gasteiger partial charge in [-0.2, -0.15) is 0 Å². The zero-order chi connectivity index (χ0) is 14.3. The fraction of sp³-hybridized carbons (Fsp3) is 0.562. The van der Waals surface area contributed by atoms with Gasteiger partial charge in [0.15, 0.2) is 0 Å². The molecule has 1 fully saturated rings. The summed E-state index contributed by atoms with van der Waals surface area (Å²) in [5, 5.41) is 3.46. The first-order valence-corrected chi connectivity index (χ1v) is 7.33. The highest BCUT2D eigenvalue weighted by Gasteiger charge is 2.47. The van der Waals surface area contributed by atoms with Gasteiger partial charge in [-0.1, -0.05) is 6.07 Å². The fourth-order valence-electron chi connectivity index (χ4n) is 4.17. The van der Waals surface area contributed by atoms with Crippen LogP contribution in [0.25, 0.3) is 0 Å². The Kier molecular flexibility index (Phi) is 3.30. The molecule has 1 heterocycles. The fourth-order valence-corrected chi connectivity index (χ4v) is 4.17. The first-order valence-electron chi connectivity index (χ1n) is 7.33. The van der Waals surface area contributed by atoms with E-state index in [9.17, 15) is 4.79 Å². The van der Waals surface area contributed by atoms with Crippen molar-refractivity contribution in [3.63, 3.8) is 0 Å². The smallest absolute Gasteiger partial charge is 0.248 e. The third-order valence-corrected chi connectivity index (χ3v) is 4.96. The maximum atomic E-state index is 11.4. The summed E-state index contributed by atoms with van der Waals surface area (Å²) in [6.45, 7) is 2.17. The van der Waals surface area contributed by atoms with Crippen molar-refractivity contribution in [1.29, 1.82) is 0 Å². The lowest BCUT2D eigenvalue weighted by molar-refractivity contribution is 0.0820. The Morgan fingerprint density at radius 2 is 2.05 bits per heavy atom. The molecule has 0 aromatic heterocycles. The van der Waals surface area contributed by atoms with Crippen molar-refractivity contribution in [3.05, 3.63) is 34.9 Å². The van der Waals surface area contributed by atoms with Gasteiger partial charge in [0.25, 0.3) is 0 Å². The number of nitrogens with zero attached hydrogens (tertiary/aromatic N) is 1. The predicted octanol–water partition coefficient (Wildman–Crippen LogP) is 1.31. The topological polar surface area (TPSA) is 58.4 Å². The normalized spacial score (nSPS) is 24.1. The lowest BCUT2D eigenvalue weighted by atomic mass is 9.73. The lowest BCUT2D eigenvalue weighted by Gasteiger charge is -2.42. The Hall–Kier alpha value is -1.39. The highest BCUT2D eigenvalue weighted by atomic mass is 16.1. The van der Waals surface area contributed by atoms with E-state index in [1.807, 2.05) is 12.1 Å². The van der Waals surface area contributed by atoms with Crippen LogP contribution in [0.4, 0.5) is 0 Å². The van der Waals surface area contributed by atoms with E-state index in [0.29, 0.717) is 17.0 Å². The molecular weight excluding hydrogens is 250 g/mol. The molecule has 1 aromatic rings. The largest absolute Gasteiger partial charge is 0.366 e. The number of nitrogens with two attached hydrogens (primary N) is 1. The molecule has 1 atom stereocenters. The van der Waals surface area contributed by atoms with Gasteiger partial charge in [0.05, 0.1) is 0 Å². The number of amides is 1. The van der Waals surface area contributed by atoms with E-state index in [1.165, 1.54) is 24.0 Å². The van der Waals surface area contributed by atoms with Crippen LogP contribution in [0.3, 0.4) is 0 Å². The van der Waals surface area contributed by atoms with Gasteiger partial charge in [-0.3, -0.25) is 4.79 Å². The van der Waals surface area contributed by atoms with E-state index in [2.05, 4.69) is 30.4 Å². The first kappa shape index (κ1) is 13.6. The Morgan fingerprint density at radius 3 is 2.65 bits per heavy atom. The van der Waals surface area contributed by atoms with Crippen molar-refractivity contribution in [2.75, 3.05) is 27.2 Å². The summed E-state index contributed by atoms with van der Waals surface area (Å²) in [6.07, 6.45) is 3.50. The molecule has 1 unspecified atom stereocenters. The van der Waals surface area contributed by atoms with Gasteiger partial charge >= 0.3 is 0 Å². The first-order chi connectivity index (χ1) is 9.53. The van der Waals surface area contributed by atoms with E-state index < -0.39 is 0 Å². The van der Waals surface area contributed by atoms with Gasteiger partial charge in [-0.15, -0.1) is 0 Å². The van der Waals surface area contributed by atoms with E-state index in [1.54, 1.807) is 0 Å². The van der Waals surface area contributed by atoms with Crippen molar-refractivity contribution in [2.45, 2.75) is 25.3 Å². The van der Waals surface area contributed by atoms with Crippen molar-refractivity contribution in [3.8, 4) is 0 Å². The van der Waals surface area contributed by atoms with Crippen LogP contribution in [-0.2, 0) is 6.42 Å². The number of hydrogen-bond donors (Lipinski definition) is 2. The summed E-state index contributed by atoms with van der Waals surface area (Å²) < 4.78 is 0. The number of piperidine rings is 1. The van der Waals surface area contributed by atoms with Crippen molar-refractivity contribution in [1.82, 2.24) is 10.2 Å². The maximum absolute atomic E-state index is 11.4. The van der Waals surface area contributed by atoms with Crippen LogP contribution < -0.4 is 11.1 Å². The zero-order valence-electron chi connectivity index (χ0n) is 12.3. The number of benzene rings is 1. The van der Waals surface area contributed by atoms with Gasteiger partial charge in [0.2, 0.25) is 5.91 Å². The molecule has 1 aromatic carbocycles. The molecule has 3 N–H and O–H groups in total. The lowest BCUT2D eigenvalue weighted by Crippen LogP contribution is -2.43. The van der Waals surface area contributed by atoms with E-state index in [0.717, 1.165) is 19.5 Å². The molecule has 1 aliphatic heterocycles. The molecule has 1 amide bonds. The Balaban J connectivity index is 2.05. The summed E-state index contributed by atoms with van der Waals surface area (Å²) in [6, 6.07) is 6.37. The van der Waals surface area contributed by atoms with Crippen LogP contribution in [0.1, 0.15) is 40.4 Å². The van der Waals surface area contributed by atoms with Gasteiger partial charge in [-0.25, -0.2) is 0 Å². The second kappa shape index (κ2) is 4.86. The van der Waals surface area contributed by atoms with E-state index >= 15 is 0 Å². The molecular formula is C16H23N3O. The molecule has 1 saturated heterocycles. The molecule has 108 valence electrons. The molecule has 0 saturated carbocycles. The summed E-state index contributed by atoms with van der Waals surface area (Å²) in [4.78, 5) is 13.8. The van der Waals surface area contributed by atoms with Crippen molar-refractivity contribution < 1.29 is 4.79 Å². The Labute approximate surface area is 120 Å². The van der Waals surface area contributed by atoms with Gasteiger partial charge in [0.1, 0.15) is 0 Å². The van der Waals surface area contributed by atoms with Gasteiger partial charge < -0.3 is 16.0 Å². The molecule has 0 radical (unpaired) electrons. The average Bonchev–Trinajstić information content (AvgIpc) is 2.71. The van der Waals surface area contributed by atoms with Gasteiger partial charge in [0, 0.05) is 11.6 Å². The predicted molar refractivity (Wildman–Crippen MR) is 79.6 cm³/mol. The van der Waals surface area contributed by atoms with Crippen LogP contribution in [0.5, 0.6) is 0 Å². The highest BCUT2D eigenvalue weighted by Crippen LogP contribution is 2.53. The number of primary amides is 1. The summed E-state index contributed by atoms with van der Waals surface area (Å²) in [5.41, 5.74) is 9.06. The number of carbonyl (C=O) groups is 1. The van der Waals surface area contributed by atoms with Crippen molar-refractivity contribution in [2.24, 2.45) is 11.1 Å². The molecule has 20 heavy (non-hydrogen) atoms. The third kappa shape index (κ3) is 2.03. The standard InChI is InChI=1S/C16H23N3O/c1-19(2)14-13-9-11(15(17)20)3-4-12(13)10-16(14)5-7-18-8-6-16/h3-4,9,14,18H,5-8,10H2,1-2H3,(H2,17,20). The average molecular weight is 273 g/mol. The van der Waals surface area contributed by atoms with Crippen LogP contribution in [-0.4, -0.2) is 38.0 Å². The number of carbonyl (C=O) groups excluding carboxylic acids is 1. The number of hydrogen-bond acceptors (Lipinski definition) is 3. The minimum Gasteiger partial charge on any atom is -0.366 e. The molecule has 0 bridgehead atoms. The van der Waals surface area contributed by atoms with E-state index in [4.69, 9.17) is 5.73 Å². The Morgan fingerprint density at radius 1 is 1.35 bits per heavy atom. The second-order valence-corrected chi connectivity index (χ2v) is 6.43. The molecule has 3 rings (SSSR count). The molecule has 4 heteroatoms. The third-order valence-electron chi connectivity index (χ3n) is 4.96. The number of rotatable bonds is 2. The molecule has 2 aliphatic rings. The minimum absolute atomic E-state index is 0.313. The number of nitrogens with one attached hydrogen (secondary N) is 1. The van der Waals surface area contributed by atoms with E-state index in [-0.39, 0.29) is 5.91 Å². The van der Waals surface area contributed by atoms with Crippen LogP contribution in [0, 0.1) is 5.41 Å². The van der Waals surface area contributed by atoms with Gasteiger partial charge in [-0.05, 0) is 75.1 Å². The Bertz CT molecular complexity index is 533. The number of fused-ring (bicyclic) bond motifs is 1. The van der Waals surface area contributed by atoms with Crippen LogP contribution in [0.15, 0.2) is 18.2 Å². The molecule has 1 spiro atoms. The summed E-state index contributed by atoms with van der Waals surface area (Å²) in [5.74, 6) is -0.337.